The van der Waals surface area contributed by atoms with Crippen LogP contribution in [-0.4, -0.2) is 14.5 Å². The summed E-state index contributed by atoms with van der Waals surface area (Å²) in [5, 5.41) is 0.606. The fraction of sp³-hybridized carbons (Fsp3) is 0.571. The summed E-state index contributed by atoms with van der Waals surface area (Å²) in [6, 6.07) is 2.26. The van der Waals surface area contributed by atoms with Crippen molar-refractivity contribution in [2.75, 3.05) is 5.73 Å². The van der Waals surface area contributed by atoms with Crippen molar-refractivity contribution in [3.63, 3.8) is 0 Å². The highest BCUT2D eigenvalue weighted by Crippen LogP contribution is 2.31. The number of aromatic nitrogens is 3. The van der Waals surface area contributed by atoms with Gasteiger partial charge in [-0.25, -0.2) is 9.97 Å². The van der Waals surface area contributed by atoms with Gasteiger partial charge in [-0.15, -0.1) is 0 Å². The molecule has 0 aromatic carbocycles. The van der Waals surface area contributed by atoms with Gasteiger partial charge in [-0.3, -0.25) is 4.57 Å². The van der Waals surface area contributed by atoms with Crippen molar-refractivity contribution in [3.05, 3.63) is 17.3 Å². The molecule has 2 aromatic rings. The first-order chi connectivity index (χ1) is 9.25. The van der Waals surface area contributed by atoms with Crippen molar-refractivity contribution in [1.29, 1.82) is 0 Å². The second kappa shape index (κ2) is 5.37. The van der Waals surface area contributed by atoms with Crippen LogP contribution in [0.3, 0.4) is 0 Å². The summed E-state index contributed by atoms with van der Waals surface area (Å²) < 4.78 is 2.11. The first kappa shape index (κ1) is 12.7. The highest BCUT2D eigenvalue weighted by atomic mass is 35.5. The third-order valence-electron chi connectivity index (χ3n) is 3.96. The zero-order valence-corrected chi connectivity index (χ0v) is 11.7. The van der Waals surface area contributed by atoms with E-state index < -0.39 is 0 Å². The topological polar surface area (TPSA) is 56.7 Å². The molecule has 0 atom stereocenters. The maximum absolute atomic E-state index is 6.09. The number of nitrogen functional groups attached to an aromatic ring is 1. The van der Waals surface area contributed by atoms with Gasteiger partial charge in [0.2, 0.25) is 5.95 Å². The monoisotopic (exact) mass is 278 g/mol. The van der Waals surface area contributed by atoms with Crippen molar-refractivity contribution in [2.24, 2.45) is 0 Å². The van der Waals surface area contributed by atoms with E-state index >= 15 is 0 Å². The molecule has 0 bridgehead atoms. The van der Waals surface area contributed by atoms with E-state index in [0.717, 1.165) is 11.2 Å². The minimum Gasteiger partial charge on any atom is -0.369 e. The molecule has 1 saturated carbocycles. The maximum atomic E-state index is 6.09. The molecule has 1 fully saturated rings. The lowest BCUT2D eigenvalue weighted by atomic mass is 9.96. The van der Waals surface area contributed by atoms with Crippen LogP contribution in [0, 0.1) is 0 Å². The second-order valence-corrected chi connectivity index (χ2v) is 5.77. The fourth-order valence-electron chi connectivity index (χ4n) is 3.03. The summed E-state index contributed by atoms with van der Waals surface area (Å²) in [5.41, 5.74) is 7.76. The molecule has 4 nitrogen and oxygen atoms in total. The SMILES string of the molecule is Nc1nc2cc(Cl)cnc2n1C1CCCCCCC1. The lowest BCUT2D eigenvalue weighted by molar-refractivity contribution is 0.380. The molecule has 0 amide bonds. The largest absolute Gasteiger partial charge is 0.369 e. The number of anilines is 1. The Kier molecular flexibility index (Phi) is 3.60. The van der Waals surface area contributed by atoms with Crippen molar-refractivity contribution >= 4 is 28.7 Å². The molecule has 0 unspecified atom stereocenters. The quantitative estimate of drug-likeness (QED) is 0.859. The molecule has 0 spiro atoms. The van der Waals surface area contributed by atoms with Crippen LogP contribution in [0.25, 0.3) is 11.2 Å². The summed E-state index contributed by atoms with van der Waals surface area (Å²) in [5.74, 6) is 0.565. The van der Waals surface area contributed by atoms with Gasteiger partial charge in [0.1, 0.15) is 5.52 Å². The Bertz CT molecular complexity index is 570. The van der Waals surface area contributed by atoms with Crippen LogP contribution in [0.5, 0.6) is 0 Å². The van der Waals surface area contributed by atoms with E-state index in [1.165, 1.54) is 44.9 Å². The normalized spacial score (nSPS) is 18.4. The molecule has 1 aliphatic rings. The number of nitrogens with two attached hydrogens (primary N) is 1. The zero-order chi connectivity index (χ0) is 13.2. The standard InChI is InChI=1S/C14H19ClN4/c15-10-8-12-13(17-9-10)19(14(16)18-12)11-6-4-2-1-3-5-7-11/h8-9,11H,1-7H2,(H2,16,18). The van der Waals surface area contributed by atoms with Gasteiger partial charge in [-0.05, 0) is 18.9 Å². The molecule has 19 heavy (non-hydrogen) atoms. The molecule has 0 aliphatic heterocycles. The number of rotatable bonds is 1. The number of pyridine rings is 1. The summed E-state index contributed by atoms with van der Waals surface area (Å²) in [4.78, 5) is 8.82. The van der Waals surface area contributed by atoms with Crippen LogP contribution in [-0.2, 0) is 0 Å². The van der Waals surface area contributed by atoms with Gasteiger partial charge in [-0.2, -0.15) is 0 Å². The van der Waals surface area contributed by atoms with Crippen LogP contribution in [0.15, 0.2) is 12.3 Å². The van der Waals surface area contributed by atoms with Gasteiger partial charge in [0.05, 0.1) is 5.02 Å². The molecule has 3 rings (SSSR count). The van der Waals surface area contributed by atoms with Crippen LogP contribution in [0.1, 0.15) is 51.0 Å². The average molecular weight is 279 g/mol. The van der Waals surface area contributed by atoms with E-state index in [4.69, 9.17) is 17.3 Å². The Balaban J connectivity index is 2.00. The molecule has 102 valence electrons. The number of fused-ring (bicyclic) bond motifs is 1. The summed E-state index contributed by atoms with van der Waals surface area (Å²) in [6.45, 7) is 0. The number of halogens is 1. The number of nitrogens with zero attached hydrogens (tertiary/aromatic N) is 3. The number of hydrogen-bond donors (Lipinski definition) is 1. The second-order valence-electron chi connectivity index (χ2n) is 5.34. The van der Waals surface area contributed by atoms with Crippen molar-refractivity contribution in [2.45, 2.75) is 51.0 Å². The van der Waals surface area contributed by atoms with Gasteiger partial charge in [0.25, 0.3) is 0 Å². The van der Waals surface area contributed by atoms with Crippen LogP contribution in [0.4, 0.5) is 5.95 Å². The van der Waals surface area contributed by atoms with Crippen molar-refractivity contribution < 1.29 is 0 Å². The zero-order valence-electron chi connectivity index (χ0n) is 11.0. The van der Waals surface area contributed by atoms with E-state index in [0.29, 0.717) is 17.0 Å². The third kappa shape index (κ3) is 2.54. The van der Waals surface area contributed by atoms with Crippen molar-refractivity contribution in [1.82, 2.24) is 14.5 Å². The minimum absolute atomic E-state index is 0.430. The molecule has 2 heterocycles. The van der Waals surface area contributed by atoms with Crippen LogP contribution in [0.2, 0.25) is 5.02 Å². The van der Waals surface area contributed by atoms with Crippen molar-refractivity contribution in [3.8, 4) is 0 Å². The fourth-order valence-corrected chi connectivity index (χ4v) is 3.18. The molecule has 0 radical (unpaired) electrons. The molecular formula is C14H19ClN4. The van der Waals surface area contributed by atoms with Gasteiger partial charge >= 0.3 is 0 Å². The average Bonchev–Trinajstić information content (AvgIpc) is 2.64. The Labute approximate surface area is 118 Å². The Hall–Kier alpha value is -1.29. The van der Waals surface area contributed by atoms with Crippen LogP contribution >= 0.6 is 11.6 Å². The first-order valence-corrected chi connectivity index (χ1v) is 7.42. The summed E-state index contributed by atoms with van der Waals surface area (Å²) >= 11 is 5.96. The van der Waals surface area contributed by atoms with Gasteiger partial charge < -0.3 is 5.73 Å². The highest BCUT2D eigenvalue weighted by molar-refractivity contribution is 6.31. The van der Waals surface area contributed by atoms with Gasteiger partial charge in [0, 0.05) is 12.2 Å². The first-order valence-electron chi connectivity index (χ1n) is 7.04. The number of hydrogen-bond acceptors (Lipinski definition) is 3. The minimum atomic E-state index is 0.430. The Morgan fingerprint density at radius 2 is 1.84 bits per heavy atom. The smallest absolute Gasteiger partial charge is 0.202 e. The third-order valence-corrected chi connectivity index (χ3v) is 4.17. The van der Waals surface area contributed by atoms with E-state index in [-0.39, 0.29) is 0 Å². The van der Waals surface area contributed by atoms with E-state index in [9.17, 15) is 0 Å². The Morgan fingerprint density at radius 1 is 1.16 bits per heavy atom. The van der Waals surface area contributed by atoms with E-state index in [2.05, 4.69) is 14.5 Å². The molecule has 2 N–H and O–H groups in total. The molecule has 5 heteroatoms. The predicted molar refractivity (Wildman–Crippen MR) is 78.3 cm³/mol. The predicted octanol–water partition coefficient (Wildman–Crippen LogP) is 3.95. The molecule has 2 aromatic heterocycles. The van der Waals surface area contributed by atoms with Crippen LogP contribution < -0.4 is 5.73 Å². The molecule has 0 saturated heterocycles. The maximum Gasteiger partial charge on any atom is 0.202 e. The van der Waals surface area contributed by atoms with E-state index in [1.807, 2.05) is 6.07 Å². The van der Waals surface area contributed by atoms with Gasteiger partial charge in [-0.1, -0.05) is 43.7 Å². The molecular weight excluding hydrogens is 260 g/mol. The van der Waals surface area contributed by atoms with E-state index in [1.54, 1.807) is 6.20 Å². The lowest BCUT2D eigenvalue weighted by Crippen LogP contribution is -2.14. The Morgan fingerprint density at radius 3 is 2.58 bits per heavy atom. The van der Waals surface area contributed by atoms with Gasteiger partial charge in [0.15, 0.2) is 5.65 Å². The number of imidazole rings is 1. The lowest BCUT2D eigenvalue weighted by Gasteiger charge is -2.22. The highest BCUT2D eigenvalue weighted by Gasteiger charge is 2.19. The summed E-state index contributed by atoms with van der Waals surface area (Å²) in [6.07, 6.45) is 10.5. The molecule has 1 aliphatic carbocycles. The summed E-state index contributed by atoms with van der Waals surface area (Å²) in [7, 11) is 0.